The number of Topliss-reactive ketones (excluding diaryl/α,β-unsaturated/α-hetero) is 1. The fourth-order valence-corrected chi connectivity index (χ4v) is 2.84. The van der Waals surface area contributed by atoms with Gasteiger partial charge >= 0.3 is 0 Å². The Hall–Kier alpha value is -1.61. The minimum absolute atomic E-state index is 0.142. The van der Waals surface area contributed by atoms with E-state index in [-0.39, 0.29) is 23.0 Å². The van der Waals surface area contributed by atoms with Gasteiger partial charge < -0.3 is 5.32 Å². The number of ketones is 1. The van der Waals surface area contributed by atoms with E-state index in [0.29, 0.717) is 17.7 Å². The molecule has 1 aromatic rings. The third kappa shape index (κ3) is 2.88. The van der Waals surface area contributed by atoms with Crippen molar-refractivity contribution in [2.45, 2.75) is 39.0 Å². The van der Waals surface area contributed by atoms with Crippen molar-refractivity contribution in [3.05, 3.63) is 41.1 Å². The molecule has 112 valence electrons. The number of carbonyl (C=O) groups excluding carboxylic acids is 2. The lowest BCUT2D eigenvalue weighted by Crippen LogP contribution is -2.27. The summed E-state index contributed by atoms with van der Waals surface area (Å²) < 4.78 is 0. The van der Waals surface area contributed by atoms with Gasteiger partial charge in [0.15, 0.2) is 0 Å². The first-order chi connectivity index (χ1) is 10.0. The van der Waals surface area contributed by atoms with Crippen molar-refractivity contribution in [1.29, 1.82) is 0 Å². The highest BCUT2D eigenvalue weighted by molar-refractivity contribution is 6.32. The first kappa shape index (κ1) is 15.8. The van der Waals surface area contributed by atoms with Crippen LogP contribution in [0.5, 0.6) is 0 Å². The first-order valence-electron chi connectivity index (χ1n) is 7.33. The smallest absolute Gasteiger partial charge is 0.224 e. The maximum atomic E-state index is 12.5. The standard InChI is InChI=1S/C17H20ClNO2/c1-4-10(3)15(18)14-11-8-6-7-9-12(11)17(21)16(14)19-13(20)5-2/h6-10,15H,4-5H2,1-3H3,(H,19,20,21). The van der Waals surface area contributed by atoms with E-state index in [1.54, 1.807) is 13.0 Å². The molecule has 21 heavy (non-hydrogen) atoms. The van der Waals surface area contributed by atoms with E-state index in [1.165, 1.54) is 0 Å². The molecule has 0 radical (unpaired) electrons. The number of allylic oxidation sites excluding steroid dienone is 2. The lowest BCUT2D eigenvalue weighted by Gasteiger charge is -2.20. The van der Waals surface area contributed by atoms with Crippen molar-refractivity contribution in [3.8, 4) is 0 Å². The maximum absolute atomic E-state index is 12.5. The number of amides is 1. The molecular formula is C17H20ClNO2. The second kappa shape index (κ2) is 6.44. The minimum Gasteiger partial charge on any atom is -0.323 e. The first-order valence-corrected chi connectivity index (χ1v) is 7.77. The highest BCUT2D eigenvalue weighted by Gasteiger charge is 2.35. The molecule has 2 unspecified atom stereocenters. The number of carbonyl (C=O) groups is 2. The fraction of sp³-hybridized carbons (Fsp3) is 0.412. The molecule has 0 aliphatic heterocycles. The molecule has 1 amide bonds. The Morgan fingerprint density at radius 3 is 2.43 bits per heavy atom. The number of fused-ring (bicyclic) bond motifs is 1. The molecule has 2 rings (SSSR count). The number of benzene rings is 1. The second-order valence-electron chi connectivity index (χ2n) is 5.35. The molecule has 0 spiro atoms. The van der Waals surface area contributed by atoms with E-state index in [1.807, 2.05) is 18.2 Å². The number of halogens is 1. The van der Waals surface area contributed by atoms with Crippen LogP contribution >= 0.6 is 11.6 Å². The summed E-state index contributed by atoms with van der Waals surface area (Å²) >= 11 is 6.59. The van der Waals surface area contributed by atoms with Gasteiger partial charge in [-0.05, 0) is 11.5 Å². The summed E-state index contributed by atoms with van der Waals surface area (Å²) in [6.07, 6.45) is 1.24. The van der Waals surface area contributed by atoms with Gasteiger partial charge in [0.05, 0.1) is 11.1 Å². The Labute approximate surface area is 130 Å². The van der Waals surface area contributed by atoms with Crippen molar-refractivity contribution in [1.82, 2.24) is 5.32 Å². The van der Waals surface area contributed by atoms with Crippen LogP contribution in [0, 0.1) is 5.92 Å². The summed E-state index contributed by atoms with van der Waals surface area (Å²) in [5.41, 5.74) is 2.57. The molecule has 0 aromatic heterocycles. The van der Waals surface area contributed by atoms with Crippen LogP contribution in [0.15, 0.2) is 30.0 Å². The summed E-state index contributed by atoms with van der Waals surface area (Å²) in [6, 6.07) is 7.39. The van der Waals surface area contributed by atoms with Crippen LogP contribution in [0.25, 0.3) is 5.57 Å². The zero-order valence-corrected chi connectivity index (χ0v) is 13.3. The van der Waals surface area contributed by atoms with Gasteiger partial charge in [-0.2, -0.15) is 0 Å². The summed E-state index contributed by atoms with van der Waals surface area (Å²) in [6.45, 7) is 5.87. The van der Waals surface area contributed by atoms with Gasteiger partial charge in [-0.1, -0.05) is 51.5 Å². The third-order valence-corrected chi connectivity index (χ3v) is 4.61. The molecule has 0 saturated carbocycles. The van der Waals surface area contributed by atoms with Gasteiger partial charge in [-0.25, -0.2) is 0 Å². The molecule has 0 saturated heterocycles. The predicted molar refractivity (Wildman–Crippen MR) is 85.2 cm³/mol. The minimum atomic E-state index is -0.297. The number of rotatable bonds is 5. The SMILES string of the molecule is CCC(=O)NC1=C(C(Cl)C(C)CC)c2ccccc2C1=O. The van der Waals surface area contributed by atoms with Crippen molar-refractivity contribution >= 4 is 28.9 Å². The Morgan fingerprint density at radius 2 is 1.86 bits per heavy atom. The topological polar surface area (TPSA) is 46.2 Å². The normalized spacial score (nSPS) is 16.7. The molecule has 1 aromatic carbocycles. The Morgan fingerprint density at radius 1 is 1.24 bits per heavy atom. The average Bonchev–Trinajstić information content (AvgIpc) is 2.78. The summed E-state index contributed by atoms with van der Waals surface area (Å²) in [4.78, 5) is 24.3. The third-order valence-electron chi connectivity index (χ3n) is 3.96. The highest BCUT2D eigenvalue weighted by atomic mass is 35.5. The lowest BCUT2D eigenvalue weighted by atomic mass is 9.94. The van der Waals surface area contributed by atoms with Gasteiger partial charge in [0.1, 0.15) is 0 Å². The molecular weight excluding hydrogens is 286 g/mol. The molecule has 1 aliphatic rings. The number of hydrogen-bond donors (Lipinski definition) is 1. The monoisotopic (exact) mass is 305 g/mol. The predicted octanol–water partition coefficient (Wildman–Crippen LogP) is 3.77. The van der Waals surface area contributed by atoms with Gasteiger partial charge in [-0.15, -0.1) is 11.6 Å². The zero-order valence-electron chi connectivity index (χ0n) is 12.6. The zero-order chi connectivity index (χ0) is 15.6. The molecule has 0 bridgehead atoms. The molecule has 0 heterocycles. The Balaban J connectivity index is 2.53. The number of nitrogens with one attached hydrogen (secondary N) is 1. The Kier molecular flexibility index (Phi) is 4.84. The van der Waals surface area contributed by atoms with Crippen molar-refractivity contribution in [2.75, 3.05) is 0 Å². The lowest BCUT2D eigenvalue weighted by molar-refractivity contribution is -0.120. The summed E-state index contributed by atoms with van der Waals surface area (Å²) in [7, 11) is 0. The number of hydrogen-bond acceptors (Lipinski definition) is 2. The van der Waals surface area contributed by atoms with E-state index < -0.39 is 0 Å². The van der Waals surface area contributed by atoms with Gasteiger partial charge in [0, 0.05) is 17.6 Å². The molecule has 1 N–H and O–H groups in total. The van der Waals surface area contributed by atoms with Crippen LogP contribution in [0.2, 0.25) is 0 Å². The molecule has 4 heteroatoms. The van der Waals surface area contributed by atoms with Crippen molar-refractivity contribution < 1.29 is 9.59 Å². The fourth-order valence-electron chi connectivity index (χ4n) is 2.44. The molecule has 2 atom stereocenters. The van der Waals surface area contributed by atoms with E-state index in [0.717, 1.165) is 17.6 Å². The van der Waals surface area contributed by atoms with Crippen LogP contribution < -0.4 is 5.32 Å². The van der Waals surface area contributed by atoms with E-state index in [4.69, 9.17) is 11.6 Å². The molecule has 3 nitrogen and oxygen atoms in total. The quantitative estimate of drug-likeness (QED) is 0.842. The number of alkyl halides is 1. The highest BCUT2D eigenvalue weighted by Crippen LogP contribution is 2.39. The summed E-state index contributed by atoms with van der Waals surface area (Å²) in [5.74, 6) is -0.0952. The van der Waals surface area contributed by atoms with Gasteiger partial charge in [0.2, 0.25) is 11.7 Å². The maximum Gasteiger partial charge on any atom is 0.224 e. The molecule has 1 aliphatic carbocycles. The second-order valence-corrected chi connectivity index (χ2v) is 5.82. The largest absolute Gasteiger partial charge is 0.323 e. The van der Waals surface area contributed by atoms with Crippen molar-refractivity contribution in [3.63, 3.8) is 0 Å². The van der Waals surface area contributed by atoms with Crippen molar-refractivity contribution in [2.24, 2.45) is 5.92 Å². The van der Waals surface area contributed by atoms with Gasteiger partial charge in [0.25, 0.3) is 0 Å². The average molecular weight is 306 g/mol. The van der Waals surface area contributed by atoms with E-state index >= 15 is 0 Å². The van der Waals surface area contributed by atoms with Crippen LogP contribution in [0.3, 0.4) is 0 Å². The van der Waals surface area contributed by atoms with Crippen LogP contribution in [-0.2, 0) is 4.79 Å². The van der Waals surface area contributed by atoms with E-state index in [2.05, 4.69) is 19.2 Å². The van der Waals surface area contributed by atoms with Crippen LogP contribution in [0.4, 0.5) is 0 Å². The molecule has 0 fully saturated rings. The van der Waals surface area contributed by atoms with E-state index in [9.17, 15) is 9.59 Å². The van der Waals surface area contributed by atoms with Crippen LogP contribution in [0.1, 0.15) is 49.5 Å². The van der Waals surface area contributed by atoms with Gasteiger partial charge in [-0.3, -0.25) is 9.59 Å². The van der Waals surface area contributed by atoms with Crippen LogP contribution in [-0.4, -0.2) is 17.1 Å². The Bertz CT molecular complexity index is 607. The summed E-state index contributed by atoms with van der Waals surface area (Å²) in [5, 5.41) is 2.45.